The van der Waals surface area contributed by atoms with Crippen LogP contribution in [0.4, 0.5) is 17.8 Å². The van der Waals surface area contributed by atoms with Crippen LogP contribution >= 0.6 is 0 Å². The molecule has 1 amide bonds. The fraction of sp³-hybridized carbons (Fsp3) is 0.636. The maximum atomic E-state index is 11.9. The van der Waals surface area contributed by atoms with Gasteiger partial charge in [0, 0.05) is 34.2 Å². The van der Waals surface area contributed by atoms with Crippen molar-refractivity contribution in [3.63, 3.8) is 0 Å². The Balaban J connectivity index is 2.30. The third kappa shape index (κ3) is 3.05. The highest BCUT2D eigenvalue weighted by molar-refractivity contribution is 5.81. The molecule has 110 valence electrons. The molecular weight excluding hydrogens is 260 g/mol. The number of nitrogens with one attached hydrogen (secondary N) is 1. The summed E-state index contributed by atoms with van der Waals surface area (Å²) in [4.78, 5) is 30.0. The summed E-state index contributed by atoms with van der Waals surface area (Å²) < 4.78 is 0. The minimum atomic E-state index is 0.0524. The molecule has 2 rings (SSSR count). The summed E-state index contributed by atoms with van der Waals surface area (Å²) in [6.45, 7) is 1.72. The van der Waals surface area contributed by atoms with E-state index in [2.05, 4.69) is 20.4 Å². The molecule has 3 N–H and O–H groups in total. The second-order valence-electron chi connectivity index (χ2n) is 4.89. The summed E-state index contributed by atoms with van der Waals surface area (Å²) in [5, 5.41) is 0. The summed E-state index contributed by atoms with van der Waals surface area (Å²) >= 11 is 0. The lowest BCUT2D eigenvalue weighted by Gasteiger charge is -2.21. The Bertz CT molecular complexity index is 491. The van der Waals surface area contributed by atoms with Crippen molar-refractivity contribution in [3.05, 3.63) is 0 Å². The first-order valence-electron chi connectivity index (χ1n) is 6.40. The molecule has 2 heterocycles. The zero-order valence-corrected chi connectivity index (χ0v) is 12.0. The van der Waals surface area contributed by atoms with Gasteiger partial charge in [0.1, 0.15) is 0 Å². The lowest BCUT2D eigenvalue weighted by atomic mass is 10.4. The van der Waals surface area contributed by atoms with Gasteiger partial charge in [0.25, 0.3) is 0 Å². The van der Waals surface area contributed by atoms with Crippen molar-refractivity contribution >= 4 is 23.8 Å². The molecule has 9 heteroatoms. The van der Waals surface area contributed by atoms with Crippen LogP contribution in [0.2, 0.25) is 0 Å². The Labute approximate surface area is 117 Å². The molecule has 1 aromatic rings. The van der Waals surface area contributed by atoms with Gasteiger partial charge in [0.15, 0.2) is 0 Å². The van der Waals surface area contributed by atoms with Gasteiger partial charge in [-0.2, -0.15) is 15.0 Å². The molecule has 0 atom stereocenters. The number of rotatable bonds is 3. The first-order chi connectivity index (χ1) is 9.51. The fourth-order valence-corrected chi connectivity index (χ4v) is 1.92. The Hall–Kier alpha value is -2.16. The quantitative estimate of drug-likeness (QED) is 0.531. The van der Waals surface area contributed by atoms with Crippen molar-refractivity contribution in [2.75, 3.05) is 56.0 Å². The van der Waals surface area contributed by atoms with E-state index in [1.165, 1.54) is 0 Å². The molecule has 9 nitrogen and oxygen atoms in total. The van der Waals surface area contributed by atoms with Crippen LogP contribution in [0, 0.1) is 0 Å². The maximum absolute atomic E-state index is 11.9. The predicted molar refractivity (Wildman–Crippen MR) is 76.4 cm³/mol. The molecule has 0 aliphatic carbocycles. The molecule has 0 radical (unpaired) electrons. The monoisotopic (exact) mass is 280 g/mol. The van der Waals surface area contributed by atoms with Gasteiger partial charge >= 0.3 is 0 Å². The van der Waals surface area contributed by atoms with Crippen molar-refractivity contribution < 1.29 is 4.79 Å². The van der Waals surface area contributed by atoms with E-state index in [0.717, 1.165) is 19.5 Å². The lowest BCUT2D eigenvalue weighted by molar-refractivity contribution is -0.127. The largest absolute Gasteiger partial charge is 0.347 e. The smallest absolute Gasteiger partial charge is 0.243 e. The number of hydrogen-bond acceptors (Lipinski definition) is 8. The Morgan fingerprint density at radius 2 is 2.00 bits per heavy atom. The number of amides is 1. The Morgan fingerprint density at radius 3 is 2.65 bits per heavy atom. The zero-order valence-electron chi connectivity index (χ0n) is 12.0. The summed E-state index contributed by atoms with van der Waals surface area (Å²) in [6.07, 6.45) is 0.872. The lowest BCUT2D eigenvalue weighted by Crippen LogP contribution is -2.35. The minimum Gasteiger partial charge on any atom is -0.347 e. The van der Waals surface area contributed by atoms with Crippen molar-refractivity contribution in [2.45, 2.75) is 6.42 Å². The molecule has 0 spiro atoms. The molecular formula is C11H20N8O. The highest BCUT2D eigenvalue weighted by Crippen LogP contribution is 2.16. The highest BCUT2D eigenvalue weighted by Gasteiger charge is 2.22. The number of likely N-dealkylation sites (N-methyl/N-ethyl adjacent to an activating group) is 1. The van der Waals surface area contributed by atoms with Gasteiger partial charge in [-0.05, 0) is 6.42 Å². The first-order valence-corrected chi connectivity index (χ1v) is 6.40. The molecule has 1 saturated heterocycles. The van der Waals surface area contributed by atoms with Crippen molar-refractivity contribution in [3.8, 4) is 0 Å². The number of anilines is 3. The predicted octanol–water partition coefficient (Wildman–Crippen LogP) is -1.11. The molecule has 1 fully saturated rings. The van der Waals surface area contributed by atoms with Crippen LogP contribution in [0.5, 0.6) is 0 Å². The molecule has 1 aliphatic rings. The SMILES string of the molecule is CN1CCCN(c2nc(NN)nc(N(C)C)n2)CC1=O. The summed E-state index contributed by atoms with van der Waals surface area (Å²) in [7, 11) is 5.47. The molecule has 0 saturated carbocycles. The van der Waals surface area contributed by atoms with E-state index in [1.807, 2.05) is 19.0 Å². The van der Waals surface area contributed by atoms with E-state index in [1.54, 1.807) is 16.8 Å². The number of aromatic nitrogens is 3. The van der Waals surface area contributed by atoms with Crippen molar-refractivity contribution in [1.29, 1.82) is 0 Å². The van der Waals surface area contributed by atoms with Crippen LogP contribution in [0.25, 0.3) is 0 Å². The van der Waals surface area contributed by atoms with Gasteiger partial charge in [-0.25, -0.2) is 5.84 Å². The number of nitrogens with two attached hydrogens (primary N) is 1. The number of nitrogens with zero attached hydrogens (tertiary/aromatic N) is 6. The number of nitrogen functional groups attached to an aromatic ring is 1. The van der Waals surface area contributed by atoms with Crippen LogP contribution < -0.4 is 21.1 Å². The van der Waals surface area contributed by atoms with Crippen LogP contribution in [-0.4, -0.2) is 66.5 Å². The molecule has 0 aromatic carbocycles. The molecule has 20 heavy (non-hydrogen) atoms. The summed E-state index contributed by atoms with van der Waals surface area (Å²) in [6, 6.07) is 0. The average Bonchev–Trinajstić information content (AvgIpc) is 2.60. The van der Waals surface area contributed by atoms with Gasteiger partial charge in [0.2, 0.25) is 23.8 Å². The number of hydrazine groups is 1. The average molecular weight is 280 g/mol. The van der Waals surface area contributed by atoms with Crippen molar-refractivity contribution in [2.24, 2.45) is 5.84 Å². The summed E-state index contributed by atoms with van der Waals surface area (Å²) in [5.74, 6) is 6.67. The standard InChI is InChI=1S/C11H20N8O/c1-17(2)10-13-9(16-12)14-11(15-10)19-6-4-5-18(3)8(20)7-19/h4-7,12H2,1-3H3,(H,13,14,15,16). The second kappa shape index (κ2) is 5.87. The van der Waals surface area contributed by atoms with Gasteiger partial charge in [-0.15, -0.1) is 0 Å². The van der Waals surface area contributed by atoms with Crippen LogP contribution in [0.3, 0.4) is 0 Å². The summed E-state index contributed by atoms with van der Waals surface area (Å²) in [5.41, 5.74) is 2.43. The van der Waals surface area contributed by atoms with Gasteiger partial charge in [0.05, 0.1) is 6.54 Å². The fourth-order valence-electron chi connectivity index (χ4n) is 1.92. The van der Waals surface area contributed by atoms with Crippen LogP contribution in [0.15, 0.2) is 0 Å². The molecule has 0 unspecified atom stereocenters. The van der Waals surface area contributed by atoms with Gasteiger partial charge in [-0.3, -0.25) is 10.2 Å². The van der Waals surface area contributed by atoms with E-state index < -0.39 is 0 Å². The Morgan fingerprint density at radius 1 is 1.25 bits per heavy atom. The number of carbonyl (C=O) groups excluding carboxylic acids is 1. The van der Waals surface area contributed by atoms with Gasteiger partial charge < -0.3 is 14.7 Å². The highest BCUT2D eigenvalue weighted by atomic mass is 16.2. The van der Waals surface area contributed by atoms with E-state index >= 15 is 0 Å². The third-order valence-electron chi connectivity index (χ3n) is 3.10. The maximum Gasteiger partial charge on any atom is 0.243 e. The Kier molecular flexibility index (Phi) is 4.18. The minimum absolute atomic E-state index is 0.0524. The van der Waals surface area contributed by atoms with E-state index in [4.69, 9.17) is 5.84 Å². The van der Waals surface area contributed by atoms with Crippen LogP contribution in [-0.2, 0) is 4.79 Å². The van der Waals surface area contributed by atoms with Crippen LogP contribution in [0.1, 0.15) is 6.42 Å². The third-order valence-corrected chi connectivity index (χ3v) is 3.10. The first kappa shape index (κ1) is 14.3. The number of carbonyl (C=O) groups is 1. The van der Waals surface area contributed by atoms with E-state index in [-0.39, 0.29) is 18.4 Å². The molecule has 1 aromatic heterocycles. The number of hydrogen-bond donors (Lipinski definition) is 2. The van der Waals surface area contributed by atoms with E-state index in [9.17, 15) is 4.79 Å². The van der Waals surface area contributed by atoms with E-state index in [0.29, 0.717) is 11.9 Å². The van der Waals surface area contributed by atoms with Gasteiger partial charge in [-0.1, -0.05) is 0 Å². The van der Waals surface area contributed by atoms with Crippen molar-refractivity contribution in [1.82, 2.24) is 19.9 Å². The normalized spacial score (nSPS) is 16.1. The molecule has 0 bridgehead atoms. The second-order valence-corrected chi connectivity index (χ2v) is 4.89. The molecule has 1 aliphatic heterocycles. The topological polar surface area (TPSA) is 104 Å². The zero-order chi connectivity index (χ0) is 14.7.